The van der Waals surface area contributed by atoms with Gasteiger partial charge < -0.3 is 4.74 Å². The van der Waals surface area contributed by atoms with Crippen LogP contribution in [0.25, 0.3) is 0 Å². The monoisotopic (exact) mass is 256 g/mol. The fourth-order valence-electron chi connectivity index (χ4n) is 1.74. The van der Waals surface area contributed by atoms with Crippen molar-refractivity contribution in [3.8, 4) is 5.75 Å². The Hall–Kier alpha value is -0.580. The Bertz CT molecular complexity index is 341. The van der Waals surface area contributed by atoms with Gasteiger partial charge in [0.2, 0.25) is 0 Å². The molecule has 14 heavy (non-hydrogen) atoms. The molecule has 0 spiro atoms. The van der Waals surface area contributed by atoms with Crippen LogP contribution >= 0.6 is 15.9 Å². The van der Waals surface area contributed by atoms with Gasteiger partial charge in [0.05, 0.1) is 6.61 Å². The van der Waals surface area contributed by atoms with E-state index in [2.05, 4.69) is 33.5 Å². The zero-order valence-electron chi connectivity index (χ0n) is 7.85. The lowest BCUT2D eigenvalue weighted by Crippen LogP contribution is -2.24. The van der Waals surface area contributed by atoms with Crippen molar-refractivity contribution in [2.75, 3.05) is 13.2 Å². The Labute approximate surface area is 91.7 Å². The van der Waals surface area contributed by atoms with Crippen LogP contribution in [0.1, 0.15) is 11.1 Å². The van der Waals surface area contributed by atoms with Crippen LogP contribution in [0.15, 0.2) is 16.6 Å². The zero-order valence-corrected chi connectivity index (χ0v) is 9.43. The number of hydrogen-bond donors (Lipinski definition) is 2. The highest BCUT2D eigenvalue weighted by molar-refractivity contribution is 9.10. The summed E-state index contributed by atoms with van der Waals surface area (Å²) in [4.78, 5) is 0. The Morgan fingerprint density at radius 2 is 2.36 bits per heavy atom. The maximum absolute atomic E-state index is 5.59. The van der Waals surface area contributed by atoms with Crippen LogP contribution in [-0.2, 0) is 12.8 Å². The summed E-state index contributed by atoms with van der Waals surface area (Å²) in [5.41, 5.74) is 5.18. The van der Waals surface area contributed by atoms with Crippen LogP contribution in [0.2, 0.25) is 0 Å². The molecule has 1 heterocycles. The van der Waals surface area contributed by atoms with Crippen LogP contribution in [0, 0.1) is 0 Å². The number of benzene rings is 1. The molecule has 0 amide bonds. The number of halogens is 1. The highest BCUT2D eigenvalue weighted by Gasteiger charge is 2.16. The Morgan fingerprint density at radius 1 is 1.50 bits per heavy atom. The third kappa shape index (κ3) is 1.92. The molecule has 0 bridgehead atoms. The van der Waals surface area contributed by atoms with Gasteiger partial charge in [-0.25, -0.2) is 0 Å². The van der Waals surface area contributed by atoms with E-state index in [9.17, 15) is 0 Å². The number of hydrazine groups is 1. The quantitative estimate of drug-likeness (QED) is 0.635. The Balaban J connectivity index is 2.29. The third-order valence-corrected chi connectivity index (χ3v) is 2.82. The predicted molar refractivity (Wildman–Crippen MR) is 59.2 cm³/mol. The van der Waals surface area contributed by atoms with Crippen molar-refractivity contribution >= 4 is 15.9 Å². The molecule has 76 valence electrons. The number of hydrogen-bond acceptors (Lipinski definition) is 3. The lowest BCUT2D eigenvalue weighted by molar-refractivity contribution is 0.353. The molecule has 1 aromatic rings. The van der Waals surface area contributed by atoms with Crippen LogP contribution in [0.3, 0.4) is 0 Å². The van der Waals surface area contributed by atoms with E-state index in [4.69, 9.17) is 10.6 Å². The van der Waals surface area contributed by atoms with Crippen molar-refractivity contribution in [1.82, 2.24) is 5.43 Å². The van der Waals surface area contributed by atoms with Gasteiger partial charge in [-0.1, -0.05) is 15.9 Å². The fraction of sp³-hybridized carbons (Fsp3) is 0.400. The van der Waals surface area contributed by atoms with Crippen molar-refractivity contribution < 1.29 is 4.74 Å². The number of rotatable bonds is 3. The lowest BCUT2D eigenvalue weighted by Gasteiger charge is -2.08. The van der Waals surface area contributed by atoms with E-state index in [1.807, 2.05) is 0 Å². The van der Waals surface area contributed by atoms with E-state index in [1.165, 1.54) is 11.1 Å². The number of nitrogens with two attached hydrogens (primary N) is 1. The van der Waals surface area contributed by atoms with Gasteiger partial charge >= 0.3 is 0 Å². The summed E-state index contributed by atoms with van der Waals surface area (Å²) in [6, 6.07) is 4.23. The highest BCUT2D eigenvalue weighted by atomic mass is 79.9. The summed E-state index contributed by atoms with van der Waals surface area (Å²) >= 11 is 3.50. The molecular weight excluding hydrogens is 244 g/mol. The van der Waals surface area contributed by atoms with Gasteiger partial charge in [-0.2, -0.15) is 0 Å². The van der Waals surface area contributed by atoms with Crippen molar-refractivity contribution in [1.29, 1.82) is 0 Å². The van der Waals surface area contributed by atoms with E-state index < -0.39 is 0 Å². The number of fused-ring (bicyclic) bond motifs is 1. The Morgan fingerprint density at radius 3 is 3.14 bits per heavy atom. The van der Waals surface area contributed by atoms with Gasteiger partial charge in [0.25, 0.3) is 0 Å². The molecule has 1 aromatic carbocycles. The molecule has 4 heteroatoms. The van der Waals surface area contributed by atoms with E-state index in [0.717, 1.165) is 36.2 Å². The summed E-state index contributed by atoms with van der Waals surface area (Å²) < 4.78 is 6.71. The van der Waals surface area contributed by atoms with Crippen molar-refractivity contribution in [3.05, 3.63) is 27.7 Å². The SMILES string of the molecule is NNCCc1cc(Br)cc2c1OCC2. The number of ether oxygens (including phenoxy) is 1. The summed E-state index contributed by atoms with van der Waals surface area (Å²) in [7, 11) is 0. The average Bonchev–Trinajstić information content (AvgIpc) is 2.61. The smallest absolute Gasteiger partial charge is 0.125 e. The standard InChI is InChI=1S/C10H13BrN2O/c11-9-5-7(1-3-13-12)10-8(6-9)2-4-14-10/h5-6,13H,1-4,12H2. The zero-order chi connectivity index (χ0) is 9.97. The van der Waals surface area contributed by atoms with Crippen LogP contribution < -0.4 is 16.0 Å². The highest BCUT2D eigenvalue weighted by Crippen LogP contribution is 2.32. The topological polar surface area (TPSA) is 47.3 Å². The maximum Gasteiger partial charge on any atom is 0.125 e. The van der Waals surface area contributed by atoms with Crippen molar-refractivity contribution in [3.63, 3.8) is 0 Å². The minimum absolute atomic E-state index is 0.770. The minimum atomic E-state index is 0.770. The van der Waals surface area contributed by atoms with Crippen LogP contribution in [0.4, 0.5) is 0 Å². The largest absolute Gasteiger partial charge is 0.493 e. The first-order valence-corrected chi connectivity index (χ1v) is 5.48. The molecule has 1 aliphatic rings. The lowest BCUT2D eigenvalue weighted by atomic mass is 10.1. The second kappa shape index (κ2) is 4.29. The fourth-order valence-corrected chi connectivity index (χ4v) is 2.29. The van der Waals surface area contributed by atoms with Gasteiger partial charge in [0.1, 0.15) is 5.75 Å². The van der Waals surface area contributed by atoms with E-state index in [1.54, 1.807) is 0 Å². The molecule has 3 nitrogen and oxygen atoms in total. The van der Waals surface area contributed by atoms with Gasteiger partial charge in [0, 0.05) is 17.4 Å². The first kappa shape index (κ1) is 9.96. The first-order chi connectivity index (χ1) is 6.81. The van der Waals surface area contributed by atoms with Gasteiger partial charge in [-0.15, -0.1) is 0 Å². The van der Waals surface area contributed by atoms with E-state index in [-0.39, 0.29) is 0 Å². The normalized spacial score (nSPS) is 13.9. The molecule has 0 atom stereocenters. The van der Waals surface area contributed by atoms with Crippen LogP contribution in [-0.4, -0.2) is 13.2 Å². The summed E-state index contributed by atoms with van der Waals surface area (Å²) in [5.74, 6) is 6.32. The second-order valence-electron chi connectivity index (χ2n) is 3.36. The summed E-state index contributed by atoms with van der Waals surface area (Å²) in [6.45, 7) is 1.57. The van der Waals surface area contributed by atoms with E-state index >= 15 is 0 Å². The molecule has 0 unspecified atom stereocenters. The minimum Gasteiger partial charge on any atom is -0.493 e. The van der Waals surface area contributed by atoms with E-state index in [0.29, 0.717) is 0 Å². The van der Waals surface area contributed by atoms with Gasteiger partial charge in [-0.05, 0) is 29.7 Å². The maximum atomic E-state index is 5.59. The molecule has 0 saturated heterocycles. The second-order valence-corrected chi connectivity index (χ2v) is 4.27. The molecule has 1 aliphatic heterocycles. The Kier molecular flexibility index (Phi) is 3.05. The molecule has 3 N–H and O–H groups in total. The summed E-state index contributed by atoms with van der Waals surface area (Å²) in [6.07, 6.45) is 1.91. The van der Waals surface area contributed by atoms with Crippen molar-refractivity contribution in [2.24, 2.45) is 5.84 Å². The molecule has 0 radical (unpaired) electrons. The average molecular weight is 257 g/mol. The van der Waals surface area contributed by atoms with Crippen LogP contribution in [0.5, 0.6) is 5.75 Å². The first-order valence-electron chi connectivity index (χ1n) is 4.69. The molecular formula is C10H13BrN2O. The van der Waals surface area contributed by atoms with Gasteiger partial charge in [-0.3, -0.25) is 11.3 Å². The molecule has 2 rings (SSSR count). The molecule has 0 saturated carbocycles. The predicted octanol–water partition coefficient (Wildman–Crippen LogP) is 1.39. The van der Waals surface area contributed by atoms with Crippen molar-refractivity contribution in [2.45, 2.75) is 12.8 Å². The molecule has 0 aromatic heterocycles. The molecule has 0 fully saturated rings. The number of nitrogens with one attached hydrogen (secondary N) is 1. The molecule has 0 aliphatic carbocycles. The summed E-state index contributed by atoms with van der Waals surface area (Å²) in [5, 5.41) is 0. The van der Waals surface area contributed by atoms with Gasteiger partial charge in [0.15, 0.2) is 0 Å². The third-order valence-electron chi connectivity index (χ3n) is 2.36.